The molecule has 0 aromatic carbocycles. The minimum atomic E-state index is -1.41. The Hall–Kier alpha value is -2.95. The molecule has 0 amide bonds. The van der Waals surface area contributed by atoms with Crippen LogP contribution >= 0.6 is 0 Å². The van der Waals surface area contributed by atoms with Gasteiger partial charge in [0.25, 0.3) is 0 Å². The lowest BCUT2D eigenvalue weighted by Gasteiger charge is -2.50. The van der Waals surface area contributed by atoms with Crippen molar-refractivity contribution in [2.75, 3.05) is 34.9 Å². The lowest BCUT2D eigenvalue weighted by Crippen LogP contribution is -2.61. The van der Waals surface area contributed by atoms with E-state index < -0.39 is 114 Å². The molecule has 4 aliphatic rings. The van der Waals surface area contributed by atoms with E-state index in [4.69, 9.17) is 52.1 Å². The predicted octanol–water partition coefficient (Wildman–Crippen LogP) is 5.52. The number of hydrogen-bond donors (Lipinski definition) is 0. The summed E-state index contributed by atoms with van der Waals surface area (Å²) in [6, 6.07) is 1.82. The SMILES string of the molecule is CC[C@H]1OC(=O)[C@H](C)[C@@H](O[C@H]2C[C@@](C)(OC)C(OCCC#N)[C@H](C)O2)[C@H](C)[C@@H](O[C@@H]2O[C@H](C)C[C@H](N(C)C)[C@H]2OC(C)=O)[C@](C)(OC)C[C@@H](C)C(=O)C[C@H](C)[C@H]2OC(=O)O[C@@]21C. The number of methoxy groups -OCH3 is 2. The second kappa shape index (κ2) is 21.4. The molecule has 0 aliphatic carbocycles. The molecule has 4 aliphatic heterocycles. The Morgan fingerprint density at radius 2 is 1.55 bits per heavy atom. The first-order valence-electron chi connectivity index (χ1n) is 22.2. The van der Waals surface area contributed by atoms with Crippen LogP contribution in [0.1, 0.15) is 115 Å². The van der Waals surface area contributed by atoms with Crippen molar-refractivity contribution in [3.63, 3.8) is 0 Å². The molecule has 17 heteroatoms. The minimum Gasteiger partial charge on any atom is -0.458 e. The van der Waals surface area contributed by atoms with E-state index >= 15 is 0 Å². The quantitative estimate of drug-likeness (QED) is 0.135. The predicted molar refractivity (Wildman–Crippen MR) is 222 cm³/mol. The van der Waals surface area contributed by atoms with E-state index in [0.717, 1.165) is 0 Å². The number of likely N-dealkylation sites (N-methyl/N-ethyl adjacent to an activating group) is 1. The highest BCUT2D eigenvalue weighted by atomic mass is 16.8. The summed E-state index contributed by atoms with van der Waals surface area (Å²) in [6.45, 7) is 19.7. The van der Waals surface area contributed by atoms with E-state index in [1.165, 1.54) is 14.0 Å². The van der Waals surface area contributed by atoms with Crippen molar-refractivity contribution < 1.29 is 71.3 Å². The van der Waals surface area contributed by atoms with Crippen molar-refractivity contribution in [3.05, 3.63) is 0 Å². The molecule has 0 spiro atoms. The van der Waals surface area contributed by atoms with Crippen LogP contribution in [0.4, 0.5) is 4.79 Å². The van der Waals surface area contributed by atoms with Crippen molar-refractivity contribution >= 4 is 23.9 Å². The highest BCUT2D eigenvalue weighted by Crippen LogP contribution is 2.44. The summed E-state index contributed by atoms with van der Waals surface area (Å²) in [7, 11) is 6.91. The average Bonchev–Trinajstić information content (AvgIpc) is 3.52. The molecule has 4 saturated heterocycles. The van der Waals surface area contributed by atoms with E-state index in [9.17, 15) is 24.4 Å². The molecule has 18 atom stereocenters. The van der Waals surface area contributed by atoms with E-state index in [-0.39, 0.29) is 56.6 Å². The Morgan fingerprint density at radius 1 is 0.903 bits per heavy atom. The zero-order valence-corrected chi connectivity index (χ0v) is 39.6. The molecule has 62 heavy (non-hydrogen) atoms. The lowest BCUT2D eigenvalue weighted by molar-refractivity contribution is -0.322. The third-order valence-corrected chi connectivity index (χ3v) is 13.7. The number of fused-ring (bicyclic) bond motifs is 1. The molecule has 4 rings (SSSR count). The standard InChI is InChI=1S/C45H74N2O15/c1-16-33-45(11)37(61-42(51)62-45)24(2)20-32(49)25(3)22-43(9,52-14)38(60-41-36(57-30(8)48)31(47(12)13)21-26(4)55-41)27(5)35(28(6)40(50)58-33)59-34-23-44(10,53-15)39(29(7)56-34)54-19-17-18-46/h24-29,31,33-39,41H,16-17,19-23H2,1-15H3/t24-,25+,26+,27-,28+,29-,31-,33+,34-,35-,36+,37+,38+,39?,41-,43+,44+,45+/m0/s1. The Morgan fingerprint density at radius 3 is 2.13 bits per heavy atom. The van der Waals surface area contributed by atoms with Crippen LogP contribution in [-0.2, 0) is 66.5 Å². The number of nitrogens with zero attached hydrogens (tertiary/aromatic N) is 2. The van der Waals surface area contributed by atoms with Gasteiger partial charge in [0.15, 0.2) is 30.4 Å². The number of carbonyl (C=O) groups is 4. The van der Waals surface area contributed by atoms with Gasteiger partial charge in [-0.1, -0.05) is 27.7 Å². The van der Waals surface area contributed by atoms with Gasteiger partial charge < -0.3 is 57.0 Å². The van der Waals surface area contributed by atoms with Crippen LogP contribution in [0.25, 0.3) is 0 Å². The number of nitriles is 1. The number of esters is 2. The first kappa shape index (κ1) is 51.7. The maximum atomic E-state index is 14.7. The number of cyclic esters (lactones) is 1. The molecule has 0 saturated carbocycles. The van der Waals surface area contributed by atoms with Crippen molar-refractivity contribution in [2.45, 2.75) is 199 Å². The molecule has 354 valence electrons. The Labute approximate surface area is 368 Å². The molecule has 1 unspecified atom stereocenters. The molecule has 4 heterocycles. The summed E-state index contributed by atoms with van der Waals surface area (Å²) in [4.78, 5) is 56.4. The molecular weight excluding hydrogens is 808 g/mol. The summed E-state index contributed by atoms with van der Waals surface area (Å²) in [5.41, 5.74) is -3.60. The monoisotopic (exact) mass is 883 g/mol. The molecule has 0 radical (unpaired) electrons. The van der Waals surface area contributed by atoms with Crippen molar-refractivity contribution in [2.24, 2.45) is 23.7 Å². The second-order valence-electron chi connectivity index (χ2n) is 18.8. The fraction of sp³-hybridized carbons (Fsp3) is 0.889. The normalized spacial score (nSPS) is 43.6. The topological polar surface area (TPSA) is 197 Å². The maximum absolute atomic E-state index is 14.7. The molecular formula is C45H74N2O15. The summed E-state index contributed by atoms with van der Waals surface area (Å²) in [5, 5.41) is 9.18. The number of rotatable bonds is 12. The molecule has 17 nitrogen and oxygen atoms in total. The number of ketones is 1. The van der Waals surface area contributed by atoms with Gasteiger partial charge in [-0.3, -0.25) is 14.4 Å². The lowest BCUT2D eigenvalue weighted by atomic mass is 9.76. The van der Waals surface area contributed by atoms with Gasteiger partial charge in [0, 0.05) is 51.7 Å². The molecule has 0 aromatic rings. The largest absolute Gasteiger partial charge is 0.509 e. The Bertz CT molecular complexity index is 1590. The smallest absolute Gasteiger partial charge is 0.458 e. The van der Waals surface area contributed by atoms with E-state index in [1.807, 2.05) is 74.4 Å². The molecule has 0 N–H and O–H groups in total. The maximum Gasteiger partial charge on any atom is 0.509 e. The zero-order chi connectivity index (χ0) is 46.5. The van der Waals surface area contributed by atoms with Crippen molar-refractivity contribution in [1.82, 2.24) is 4.90 Å². The van der Waals surface area contributed by atoms with Gasteiger partial charge in [-0.05, 0) is 74.9 Å². The highest BCUT2D eigenvalue weighted by molar-refractivity contribution is 5.81. The zero-order valence-electron chi connectivity index (χ0n) is 39.6. The summed E-state index contributed by atoms with van der Waals surface area (Å²) >= 11 is 0. The van der Waals surface area contributed by atoms with Crippen molar-refractivity contribution in [1.29, 1.82) is 5.26 Å². The third kappa shape index (κ3) is 11.5. The van der Waals surface area contributed by atoms with E-state index in [0.29, 0.717) is 6.42 Å². The van der Waals surface area contributed by atoms with Crippen LogP contribution in [0.15, 0.2) is 0 Å². The fourth-order valence-electron chi connectivity index (χ4n) is 10.2. The van der Waals surface area contributed by atoms with Crippen LogP contribution in [0, 0.1) is 35.0 Å². The first-order valence-corrected chi connectivity index (χ1v) is 22.2. The average molecular weight is 883 g/mol. The van der Waals surface area contributed by atoms with Crippen LogP contribution in [0.3, 0.4) is 0 Å². The Balaban J connectivity index is 1.89. The summed E-state index contributed by atoms with van der Waals surface area (Å²) in [5.74, 6) is -4.14. The second-order valence-corrected chi connectivity index (χ2v) is 18.8. The number of ether oxygens (including phenoxy) is 11. The van der Waals surface area contributed by atoms with Crippen LogP contribution in [0.2, 0.25) is 0 Å². The summed E-state index contributed by atoms with van der Waals surface area (Å²) < 4.78 is 69.4. The summed E-state index contributed by atoms with van der Waals surface area (Å²) in [6.07, 6.45) is -7.74. The third-order valence-electron chi connectivity index (χ3n) is 13.7. The molecule has 4 fully saturated rings. The molecule has 0 aromatic heterocycles. The number of Topliss-reactive ketones (excluding diaryl/α,β-unsaturated/α-hetero) is 1. The number of hydrogen-bond acceptors (Lipinski definition) is 17. The van der Waals surface area contributed by atoms with Gasteiger partial charge in [-0.15, -0.1) is 0 Å². The van der Waals surface area contributed by atoms with Gasteiger partial charge in [0.05, 0.1) is 66.7 Å². The number of carbonyl (C=O) groups excluding carboxylic acids is 4. The van der Waals surface area contributed by atoms with Crippen molar-refractivity contribution in [3.8, 4) is 6.07 Å². The van der Waals surface area contributed by atoms with Gasteiger partial charge >= 0.3 is 18.1 Å². The van der Waals surface area contributed by atoms with Gasteiger partial charge in [-0.25, -0.2) is 4.79 Å². The Kier molecular flexibility index (Phi) is 17.8. The van der Waals surface area contributed by atoms with Crippen LogP contribution < -0.4 is 0 Å². The van der Waals surface area contributed by atoms with Crippen LogP contribution in [-0.4, -0.2) is 148 Å². The van der Waals surface area contributed by atoms with E-state index in [1.54, 1.807) is 21.0 Å². The highest BCUT2D eigenvalue weighted by Gasteiger charge is 2.58. The first-order chi connectivity index (χ1) is 29.0. The fourth-order valence-corrected chi connectivity index (χ4v) is 10.2. The molecule has 0 bridgehead atoms. The van der Waals surface area contributed by atoms with Gasteiger partial charge in [-0.2, -0.15) is 5.26 Å². The van der Waals surface area contributed by atoms with Crippen LogP contribution in [0.5, 0.6) is 0 Å². The van der Waals surface area contributed by atoms with Gasteiger partial charge in [0.2, 0.25) is 0 Å². The van der Waals surface area contributed by atoms with E-state index in [2.05, 4.69) is 6.07 Å². The van der Waals surface area contributed by atoms with Gasteiger partial charge in [0.1, 0.15) is 18.0 Å². The minimum absolute atomic E-state index is 0.0322.